The molecule has 0 saturated carbocycles. The number of nitriles is 1. The van der Waals surface area contributed by atoms with E-state index >= 15 is 0 Å². The van der Waals surface area contributed by atoms with Crippen molar-refractivity contribution in [2.75, 3.05) is 11.9 Å². The Labute approximate surface area is 108 Å². The first-order chi connectivity index (χ1) is 8.19. The van der Waals surface area contributed by atoms with Gasteiger partial charge in [-0.05, 0) is 12.1 Å². The van der Waals surface area contributed by atoms with Crippen LogP contribution in [0.3, 0.4) is 0 Å². The quantitative estimate of drug-likeness (QED) is 0.855. The van der Waals surface area contributed by atoms with Gasteiger partial charge in [0.05, 0.1) is 10.9 Å². The monoisotopic (exact) mass is 264 g/mol. The second-order valence-corrected chi connectivity index (χ2v) is 5.23. The van der Waals surface area contributed by atoms with E-state index in [0.29, 0.717) is 12.2 Å². The first-order valence-corrected chi connectivity index (χ1v) is 6.06. The van der Waals surface area contributed by atoms with E-state index in [4.69, 9.17) is 16.9 Å². The Balaban J connectivity index is 2.14. The van der Waals surface area contributed by atoms with Crippen molar-refractivity contribution in [3.05, 3.63) is 39.4 Å². The fourth-order valence-corrected chi connectivity index (χ4v) is 2.51. The summed E-state index contributed by atoms with van der Waals surface area (Å²) in [6.07, 6.45) is 1.39. The van der Waals surface area contributed by atoms with Crippen LogP contribution in [0.25, 0.3) is 0 Å². The molecule has 17 heavy (non-hydrogen) atoms. The van der Waals surface area contributed by atoms with Crippen molar-refractivity contribution in [1.82, 2.24) is 9.97 Å². The van der Waals surface area contributed by atoms with Crippen LogP contribution in [0, 0.1) is 11.3 Å². The third-order valence-corrected chi connectivity index (χ3v) is 3.40. The number of nitrogens with zero attached hydrogens (tertiary/aromatic N) is 4. The van der Waals surface area contributed by atoms with Gasteiger partial charge in [-0.25, -0.2) is 9.97 Å². The molecule has 0 radical (unpaired) electrons. The Morgan fingerprint density at radius 3 is 2.94 bits per heavy atom. The van der Waals surface area contributed by atoms with Crippen LogP contribution in [0.15, 0.2) is 24.5 Å². The molecule has 0 aliphatic carbocycles. The van der Waals surface area contributed by atoms with E-state index in [1.54, 1.807) is 6.07 Å². The summed E-state index contributed by atoms with van der Waals surface area (Å²) in [4.78, 5) is 11.1. The average Bonchev–Trinajstić information content (AvgIpc) is 2.75. The summed E-state index contributed by atoms with van der Waals surface area (Å²) in [7, 11) is 1.91. The first-order valence-electron chi connectivity index (χ1n) is 4.86. The van der Waals surface area contributed by atoms with Gasteiger partial charge >= 0.3 is 0 Å². The van der Waals surface area contributed by atoms with Gasteiger partial charge in [-0.2, -0.15) is 5.26 Å². The molecule has 0 saturated heterocycles. The highest BCUT2D eigenvalue weighted by molar-refractivity contribution is 7.16. The summed E-state index contributed by atoms with van der Waals surface area (Å²) in [5.41, 5.74) is 0.367. The smallest absolute Gasteiger partial charge is 0.145 e. The Hall–Kier alpha value is -1.64. The molecule has 2 rings (SSSR count). The summed E-state index contributed by atoms with van der Waals surface area (Å²) >= 11 is 7.40. The predicted octanol–water partition coefficient (Wildman–Crippen LogP) is 2.70. The van der Waals surface area contributed by atoms with Gasteiger partial charge < -0.3 is 4.90 Å². The molecule has 6 heteroatoms. The Kier molecular flexibility index (Phi) is 3.57. The van der Waals surface area contributed by atoms with Crippen LogP contribution in [0.5, 0.6) is 0 Å². The zero-order chi connectivity index (χ0) is 12.3. The van der Waals surface area contributed by atoms with Crippen LogP contribution >= 0.6 is 22.9 Å². The van der Waals surface area contributed by atoms with E-state index in [1.165, 1.54) is 17.7 Å². The van der Waals surface area contributed by atoms with Crippen molar-refractivity contribution in [2.45, 2.75) is 6.54 Å². The van der Waals surface area contributed by atoms with Crippen molar-refractivity contribution in [3.8, 4) is 6.07 Å². The van der Waals surface area contributed by atoms with E-state index in [2.05, 4.69) is 9.97 Å². The fourth-order valence-electron chi connectivity index (χ4n) is 1.37. The van der Waals surface area contributed by atoms with E-state index in [0.717, 1.165) is 15.0 Å². The second kappa shape index (κ2) is 5.13. The van der Waals surface area contributed by atoms with Gasteiger partial charge in [-0.3, -0.25) is 0 Å². The minimum atomic E-state index is 0.367. The SMILES string of the molecule is CN(Cc1ccc(Cl)s1)c1cc(C#N)ncn1. The lowest BCUT2D eigenvalue weighted by atomic mass is 10.4. The molecule has 4 nitrogen and oxygen atoms in total. The van der Waals surface area contributed by atoms with Crippen LogP contribution in [0.1, 0.15) is 10.6 Å². The maximum Gasteiger partial charge on any atom is 0.145 e. The summed E-state index contributed by atoms with van der Waals surface area (Å²) in [5, 5.41) is 8.76. The summed E-state index contributed by atoms with van der Waals surface area (Å²) in [5.74, 6) is 0.723. The lowest BCUT2D eigenvalue weighted by molar-refractivity contribution is 0.902. The number of aromatic nitrogens is 2. The Morgan fingerprint density at radius 1 is 1.47 bits per heavy atom. The van der Waals surface area contributed by atoms with Gasteiger partial charge in [0, 0.05) is 18.0 Å². The lowest BCUT2D eigenvalue weighted by Crippen LogP contribution is -2.17. The highest BCUT2D eigenvalue weighted by atomic mass is 35.5. The van der Waals surface area contributed by atoms with E-state index in [9.17, 15) is 0 Å². The van der Waals surface area contributed by atoms with Crippen molar-refractivity contribution >= 4 is 28.8 Å². The largest absolute Gasteiger partial charge is 0.354 e. The molecule has 2 heterocycles. The Bertz CT molecular complexity index is 561. The molecule has 0 N–H and O–H groups in total. The summed E-state index contributed by atoms with van der Waals surface area (Å²) in [6, 6.07) is 7.51. The molecule has 0 fully saturated rings. The molecule has 2 aromatic rings. The lowest BCUT2D eigenvalue weighted by Gasteiger charge is -2.16. The number of rotatable bonds is 3. The average molecular weight is 265 g/mol. The predicted molar refractivity (Wildman–Crippen MR) is 68.2 cm³/mol. The molecule has 0 spiro atoms. The minimum absolute atomic E-state index is 0.367. The maximum atomic E-state index is 8.76. The van der Waals surface area contributed by atoms with Gasteiger partial charge in [0.15, 0.2) is 0 Å². The fraction of sp³-hybridized carbons (Fsp3) is 0.182. The highest BCUT2D eigenvalue weighted by Crippen LogP contribution is 2.23. The highest BCUT2D eigenvalue weighted by Gasteiger charge is 2.06. The van der Waals surface area contributed by atoms with E-state index in [-0.39, 0.29) is 0 Å². The van der Waals surface area contributed by atoms with Gasteiger partial charge in [-0.15, -0.1) is 11.3 Å². The number of halogens is 1. The summed E-state index contributed by atoms with van der Waals surface area (Å²) in [6.45, 7) is 0.708. The molecule has 0 atom stereocenters. The van der Waals surface area contributed by atoms with Gasteiger partial charge in [0.2, 0.25) is 0 Å². The Morgan fingerprint density at radius 2 is 2.29 bits per heavy atom. The molecule has 0 aliphatic rings. The van der Waals surface area contributed by atoms with Crippen LogP contribution in [-0.2, 0) is 6.54 Å². The molecule has 0 amide bonds. The van der Waals surface area contributed by atoms with Crippen molar-refractivity contribution < 1.29 is 0 Å². The standard InChI is InChI=1S/C11H9ClN4S/c1-16(6-9-2-3-10(12)17-9)11-4-8(5-13)14-7-15-11/h2-4,7H,6H2,1H3. The molecule has 0 unspecified atom stereocenters. The normalized spacial score (nSPS) is 9.94. The third-order valence-electron chi connectivity index (χ3n) is 2.18. The van der Waals surface area contributed by atoms with Crippen molar-refractivity contribution in [3.63, 3.8) is 0 Å². The van der Waals surface area contributed by atoms with Crippen LogP contribution in [-0.4, -0.2) is 17.0 Å². The molecule has 86 valence electrons. The zero-order valence-corrected chi connectivity index (χ0v) is 10.7. The van der Waals surface area contributed by atoms with Gasteiger partial charge in [0.25, 0.3) is 0 Å². The number of thiophene rings is 1. The number of hydrogen-bond donors (Lipinski definition) is 0. The van der Waals surface area contributed by atoms with Crippen molar-refractivity contribution in [2.24, 2.45) is 0 Å². The molecule has 2 aromatic heterocycles. The molecular formula is C11H9ClN4S. The van der Waals surface area contributed by atoms with Crippen molar-refractivity contribution in [1.29, 1.82) is 5.26 Å². The maximum absolute atomic E-state index is 8.76. The number of hydrogen-bond acceptors (Lipinski definition) is 5. The third kappa shape index (κ3) is 2.93. The molecule has 0 aromatic carbocycles. The van der Waals surface area contributed by atoms with Crippen LogP contribution < -0.4 is 4.90 Å². The van der Waals surface area contributed by atoms with E-state index < -0.39 is 0 Å². The minimum Gasteiger partial charge on any atom is -0.354 e. The van der Waals surface area contributed by atoms with Crippen LogP contribution in [0.2, 0.25) is 4.34 Å². The molecular weight excluding hydrogens is 256 g/mol. The summed E-state index contributed by atoms with van der Waals surface area (Å²) < 4.78 is 0.772. The zero-order valence-electron chi connectivity index (χ0n) is 9.09. The molecule has 0 aliphatic heterocycles. The second-order valence-electron chi connectivity index (χ2n) is 3.44. The first kappa shape index (κ1) is 11.8. The van der Waals surface area contributed by atoms with Gasteiger partial charge in [-0.1, -0.05) is 11.6 Å². The number of anilines is 1. The molecule has 0 bridgehead atoms. The van der Waals surface area contributed by atoms with Gasteiger partial charge in [0.1, 0.15) is 23.9 Å². The topological polar surface area (TPSA) is 52.8 Å². The van der Waals surface area contributed by atoms with Crippen LogP contribution in [0.4, 0.5) is 5.82 Å². The van der Waals surface area contributed by atoms with E-state index in [1.807, 2.05) is 30.1 Å².